The maximum Gasteiger partial charge on any atom is 0.433 e. The van der Waals surface area contributed by atoms with Gasteiger partial charge in [0, 0.05) is 31.3 Å². The van der Waals surface area contributed by atoms with Gasteiger partial charge in [-0.15, -0.1) is 0 Å². The van der Waals surface area contributed by atoms with E-state index in [0.717, 1.165) is 42.8 Å². The Labute approximate surface area is 141 Å². The van der Waals surface area contributed by atoms with Crippen LogP contribution in [-0.2, 0) is 25.6 Å². The van der Waals surface area contributed by atoms with E-state index in [4.69, 9.17) is 0 Å². The molecule has 9 heteroatoms. The van der Waals surface area contributed by atoms with Crippen LogP contribution in [0, 0.1) is 5.92 Å². The summed E-state index contributed by atoms with van der Waals surface area (Å²) in [5.41, 5.74) is 0.956. The van der Waals surface area contributed by atoms with E-state index in [1.165, 1.54) is 4.68 Å². The van der Waals surface area contributed by atoms with E-state index >= 15 is 0 Å². The molecule has 6 nitrogen and oxygen atoms in total. The van der Waals surface area contributed by atoms with Gasteiger partial charge < -0.3 is 4.90 Å². The summed E-state index contributed by atoms with van der Waals surface area (Å²) < 4.78 is 39.6. The smallest absolute Gasteiger partial charge is 0.340 e. The molecule has 0 N–H and O–H groups in total. The van der Waals surface area contributed by atoms with E-state index < -0.39 is 11.9 Å². The lowest BCUT2D eigenvalue weighted by Crippen LogP contribution is -2.50. The zero-order valence-corrected chi connectivity index (χ0v) is 13.3. The van der Waals surface area contributed by atoms with Crippen LogP contribution in [-0.4, -0.2) is 32.8 Å². The summed E-state index contributed by atoms with van der Waals surface area (Å²) in [4.78, 5) is 21.3. The van der Waals surface area contributed by atoms with Crippen LogP contribution in [0.15, 0.2) is 23.1 Å². The van der Waals surface area contributed by atoms with Gasteiger partial charge in [-0.3, -0.25) is 4.79 Å². The Bertz CT molecular complexity index is 858. The highest BCUT2D eigenvalue weighted by molar-refractivity contribution is 5.35. The molecule has 1 aliphatic heterocycles. The van der Waals surface area contributed by atoms with Crippen LogP contribution in [0.5, 0.6) is 0 Å². The van der Waals surface area contributed by atoms with Gasteiger partial charge in [0.25, 0.3) is 5.56 Å². The van der Waals surface area contributed by atoms with Gasteiger partial charge >= 0.3 is 6.18 Å². The van der Waals surface area contributed by atoms with Gasteiger partial charge in [0.05, 0.1) is 12.2 Å². The number of halogens is 3. The van der Waals surface area contributed by atoms with Crippen LogP contribution < -0.4 is 10.5 Å². The van der Waals surface area contributed by atoms with Crippen molar-refractivity contribution < 1.29 is 13.2 Å². The molecule has 0 atom stereocenters. The van der Waals surface area contributed by atoms with Crippen LogP contribution in [0.4, 0.5) is 19.1 Å². The predicted molar refractivity (Wildman–Crippen MR) is 83.3 cm³/mol. The van der Waals surface area contributed by atoms with Crippen molar-refractivity contribution in [2.75, 3.05) is 18.0 Å². The summed E-state index contributed by atoms with van der Waals surface area (Å²) >= 11 is 0. The monoisotopic (exact) mass is 351 g/mol. The Morgan fingerprint density at radius 3 is 2.80 bits per heavy atom. The van der Waals surface area contributed by atoms with Crippen molar-refractivity contribution in [1.29, 1.82) is 0 Å². The number of alkyl halides is 3. The largest absolute Gasteiger partial charge is 0.433 e. The number of anilines is 1. The molecule has 0 amide bonds. The summed E-state index contributed by atoms with van der Waals surface area (Å²) in [5.74, 6) is 0.211. The van der Waals surface area contributed by atoms with Gasteiger partial charge in [-0.2, -0.15) is 18.3 Å². The molecular weight excluding hydrogens is 335 g/mol. The number of aromatic nitrogens is 4. The van der Waals surface area contributed by atoms with Crippen molar-refractivity contribution in [3.63, 3.8) is 0 Å². The zero-order valence-electron chi connectivity index (χ0n) is 13.3. The molecule has 1 saturated heterocycles. The first-order valence-electron chi connectivity index (χ1n) is 8.15. The van der Waals surface area contributed by atoms with Crippen molar-refractivity contribution in [1.82, 2.24) is 19.7 Å². The lowest BCUT2D eigenvalue weighted by Gasteiger charge is -2.39. The Morgan fingerprint density at radius 2 is 2.04 bits per heavy atom. The standard InChI is InChI=1S/C16H16F3N5O/c17-16(18,19)13-4-5-20-15(21-13)23-7-10(8-23)9-24-14(25)6-11-2-1-3-12(11)22-24/h4-6,10H,1-3,7-9H2. The van der Waals surface area contributed by atoms with Gasteiger partial charge in [-0.05, 0) is 30.9 Å². The topological polar surface area (TPSA) is 63.9 Å². The molecule has 0 saturated carbocycles. The molecule has 25 heavy (non-hydrogen) atoms. The molecule has 1 aliphatic carbocycles. The highest BCUT2D eigenvalue weighted by Crippen LogP contribution is 2.29. The minimum atomic E-state index is -4.48. The van der Waals surface area contributed by atoms with Crippen molar-refractivity contribution >= 4 is 5.95 Å². The number of rotatable bonds is 3. The molecule has 4 rings (SSSR count). The van der Waals surface area contributed by atoms with Crippen molar-refractivity contribution in [3.05, 3.63) is 45.6 Å². The van der Waals surface area contributed by atoms with Gasteiger partial charge in [0.15, 0.2) is 0 Å². The maximum atomic E-state index is 12.7. The Kier molecular flexibility index (Phi) is 3.73. The second-order valence-corrected chi connectivity index (χ2v) is 6.50. The number of fused-ring (bicyclic) bond motifs is 1. The number of hydrogen-bond donors (Lipinski definition) is 0. The van der Waals surface area contributed by atoms with E-state index in [9.17, 15) is 18.0 Å². The molecule has 0 aromatic carbocycles. The fourth-order valence-corrected chi connectivity index (χ4v) is 3.32. The number of aryl methyl sites for hydroxylation is 2. The number of hydrogen-bond acceptors (Lipinski definition) is 5. The molecule has 0 unspecified atom stereocenters. The predicted octanol–water partition coefficient (Wildman–Crippen LogP) is 1.68. The van der Waals surface area contributed by atoms with Crippen LogP contribution >= 0.6 is 0 Å². The highest BCUT2D eigenvalue weighted by Gasteiger charge is 2.35. The third-order valence-electron chi connectivity index (χ3n) is 4.63. The molecule has 2 aromatic rings. The first-order valence-corrected chi connectivity index (χ1v) is 8.15. The fraction of sp³-hybridized carbons (Fsp3) is 0.500. The lowest BCUT2D eigenvalue weighted by atomic mass is 10.0. The highest BCUT2D eigenvalue weighted by atomic mass is 19.4. The maximum absolute atomic E-state index is 12.7. The van der Waals surface area contributed by atoms with E-state index in [1.54, 1.807) is 11.0 Å². The number of nitrogens with zero attached hydrogens (tertiary/aromatic N) is 5. The molecule has 2 aromatic heterocycles. The summed E-state index contributed by atoms with van der Waals surface area (Å²) in [6, 6.07) is 2.51. The third kappa shape index (κ3) is 3.10. The molecule has 2 aliphatic rings. The normalized spacial score (nSPS) is 17.5. The SMILES string of the molecule is O=c1cc2c(nn1CC1CN(c3nccc(C(F)(F)F)n3)C1)CCC2. The third-order valence-corrected chi connectivity index (χ3v) is 4.63. The second kappa shape index (κ2) is 5.82. The van der Waals surface area contributed by atoms with E-state index in [0.29, 0.717) is 19.6 Å². The van der Waals surface area contributed by atoms with Crippen molar-refractivity contribution in [2.45, 2.75) is 32.0 Å². The first-order chi connectivity index (χ1) is 11.9. The summed E-state index contributed by atoms with van der Waals surface area (Å²) in [6.45, 7) is 1.47. The van der Waals surface area contributed by atoms with Gasteiger partial charge in [0.2, 0.25) is 5.95 Å². The summed E-state index contributed by atoms with van der Waals surface area (Å²) in [5, 5.41) is 4.42. The van der Waals surface area contributed by atoms with Gasteiger partial charge in [0.1, 0.15) is 5.69 Å². The van der Waals surface area contributed by atoms with E-state index in [1.807, 2.05) is 0 Å². The minimum absolute atomic E-state index is 0.0698. The summed E-state index contributed by atoms with van der Waals surface area (Å²) in [7, 11) is 0. The molecule has 0 bridgehead atoms. The molecule has 0 spiro atoms. The zero-order chi connectivity index (χ0) is 17.6. The summed E-state index contributed by atoms with van der Waals surface area (Å²) in [6.07, 6.45) is -0.544. The first kappa shape index (κ1) is 16.0. The van der Waals surface area contributed by atoms with Gasteiger partial charge in [-0.1, -0.05) is 0 Å². The van der Waals surface area contributed by atoms with Gasteiger partial charge in [-0.25, -0.2) is 14.6 Å². The van der Waals surface area contributed by atoms with Crippen LogP contribution in [0.25, 0.3) is 0 Å². The molecular formula is C16H16F3N5O. The van der Waals surface area contributed by atoms with Crippen LogP contribution in [0.1, 0.15) is 23.4 Å². The van der Waals surface area contributed by atoms with Crippen molar-refractivity contribution in [2.24, 2.45) is 5.92 Å². The average Bonchev–Trinajstić information content (AvgIpc) is 2.96. The molecule has 1 fully saturated rings. The quantitative estimate of drug-likeness (QED) is 0.842. The second-order valence-electron chi connectivity index (χ2n) is 6.50. The minimum Gasteiger partial charge on any atom is -0.340 e. The van der Waals surface area contributed by atoms with Crippen LogP contribution in [0.3, 0.4) is 0 Å². The molecule has 132 valence electrons. The average molecular weight is 351 g/mol. The van der Waals surface area contributed by atoms with Crippen LogP contribution in [0.2, 0.25) is 0 Å². The Morgan fingerprint density at radius 1 is 1.24 bits per heavy atom. The van der Waals surface area contributed by atoms with E-state index in [-0.39, 0.29) is 17.4 Å². The molecule has 0 radical (unpaired) electrons. The Hall–Kier alpha value is -2.45. The van der Waals surface area contributed by atoms with Crippen molar-refractivity contribution in [3.8, 4) is 0 Å². The lowest BCUT2D eigenvalue weighted by molar-refractivity contribution is -0.141. The Balaban J connectivity index is 1.42. The van der Waals surface area contributed by atoms with E-state index in [2.05, 4.69) is 15.1 Å². The fourth-order valence-electron chi connectivity index (χ4n) is 3.32. The molecule has 3 heterocycles.